The maximum Gasteiger partial charge on any atom is 0.120 e. The van der Waals surface area contributed by atoms with Gasteiger partial charge in [0.25, 0.3) is 0 Å². The first kappa shape index (κ1) is 12.1. The van der Waals surface area contributed by atoms with Crippen molar-refractivity contribution < 1.29 is 5.11 Å². The third-order valence-corrected chi connectivity index (χ3v) is 2.58. The molecule has 0 aliphatic rings. The van der Waals surface area contributed by atoms with Crippen molar-refractivity contribution >= 4 is 0 Å². The Morgan fingerprint density at radius 3 is 2.60 bits per heavy atom. The molecular weight excluding hydrogens is 186 g/mol. The predicted molar refractivity (Wildman–Crippen MR) is 64.0 cm³/mol. The van der Waals surface area contributed by atoms with Gasteiger partial charge in [0, 0.05) is 12.1 Å². The van der Waals surface area contributed by atoms with Crippen LogP contribution >= 0.6 is 0 Å². The fraction of sp³-hybridized carbons (Fsp3) is 0.538. The summed E-state index contributed by atoms with van der Waals surface area (Å²) in [5, 5.41) is 9.60. The summed E-state index contributed by atoms with van der Waals surface area (Å²) in [5.41, 5.74) is 1.01. The Morgan fingerprint density at radius 2 is 1.93 bits per heavy atom. The van der Waals surface area contributed by atoms with Gasteiger partial charge in [-0.2, -0.15) is 0 Å². The molecule has 2 nitrogen and oxygen atoms in total. The first-order chi connectivity index (χ1) is 7.24. The molecule has 0 spiro atoms. The lowest BCUT2D eigenvalue weighted by Gasteiger charge is -2.16. The Balaban J connectivity index is 2.37. The topological polar surface area (TPSA) is 23.5 Å². The summed E-state index contributed by atoms with van der Waals surface area (Å²) in [4.78, 5) is 2.25. The molecule has 84 valence electrons. The van der Waals surface area contributed by atoms with Crippen LogP contribution in [0.3, 0.4) is 0 Å². The number of phenols is 1. The molecule has 0 aliphatic carbocycles. The minimum Gasteiger partial charge on any atom is -0.508 e. The van der Waals surface area contributed by atoms with E-state index in [2.05, 4.69) is 18.9 Å². The lowest BCUT2D eigenvalue weighted by Crippen LogP contribution is -2.19. The second-order valence-electron chi connectivity index (χ2n) is 4.07. The third-order valence-electron chi connectivity index (χ3n) is 2.58. The molecule has 15 heavy (non-hydrogen) atoms. The number of nitrogens with zero attached hydrogens (tertiary/aromatic N) is 1. The molecule has 0 aromatic heterocycles. The quantitative estimate of drug-likeness (QED) is 0.725. The van der Waals surface area contributed by atoms with Crippen LogP contribution in [0, 0.1) is 0 Å². The Kier molecular flexibility index (Phi) is 5.19. The monoisotopic (exact) mass is 207 g/mol. The molecule has 0 unspecified atom stereocenters. The lowest BCUT2D eigenvalue weighted by atomic mass is 10.2. The molecule has 0 saturated carbocycles. The van der Waals surface area contributed by atoms with E-state index in [4.69, 9.17) is 0 Å². The van der Waals surface area contributed by atoms with E-state index in [0.29, 0.717) is 5.75 Å². The first-order valence-corrected chi connectivity index (χ1v) is 5.69. The van der Waals surface area contributed by atoms with Gasteiger partial charge in [-0.1, -0.05) is 38.0 Å². The highest BCUT2D eigenvalue weighted by Crippen LogP contribution is 2.17. The molecule has 0 radical (unpaired) electrons. The number of rotatable bonds is 6. The molecule has 0 fully saturated rings. The molecule has 1 rings (SSSR count). The standard InChI is InChI=1S/C13H21NO/c1-3-4-7-10-14(2)11-12-8-5-6-9-13(12)15/h5-6,8-9,15H,3-4,7,10-11H2,1-2H3. The zero-order valence-electron chi connectivity index (χ0n) is 9.74. The number of benzene rings is 1. The van der Waals surface area contributed by atoms with Crippen LogP contribution in [0.4, 0.5) is 0 Å². The van der Waals surface area contributed by atoms with Gasteiger partial charge in [-0.25, -0.2) is 0 Å². The number of aromatic hydroxyl groups is 1. The summed E-state index contributed by atoms with van der Waals surface area (Å²) in [5.74, 6) is 0.403. The minimum absolute atomic E-state index is 0.403. The van der Waals surface area contributed by atoms with Crippen LogP contribution in [0.2, 0.25) is 0 Å². The van der Waals surface area contributed by atoms with Crippen LogP contribution in [0.1, 0.15) is 31.7 Å². The predicted octanol–water partition coefficient (Wildman–Crippen LogP) is 3.01. The third kappa shape index (κ3) is 4.34. The van der Waals surface area contributed by atoms with Crippen molar-refractivity contribution in [2.75, 3.05) is 13.6 Å². The summed E-state index contributed by atoms with van der Waals surface area (Å²) in [6, 6.07) is 7.55. The summed E-state index contributed by atoms with van der Waals surface area (Å²) in [7, 11) is 2.10. The van der Waals surface area contributed by atoms with Gasteiger partial charge in [0.15, 0.2) is 0 Å². The van der Waals surface area contributed by atoms with Gasteiger partial charge in [0.05, 0.1) is 0 Å². The highest BCUT2D eigenvalue weighted by atomic mass is 16.3. The molecule has 0 bridgehead atoms. The number of para-hydroxylation sites is 1. The SMILES string of the molecule is CCCCCN(C)Cc1ccccc1O. The number of unbranched alkanes of at least 4 members (excludes halogenated alkanes) is 2. The van der Waals surface area contributed by atoms with Crippen LogP contribution in [0.5, 0.6) is 5.75 Å². The van der Waals surface area contributed by atoms with Crippen LogP contribution in [-0.4, -0.2) is 23.6 Å². The van der Waals surface area contributed by atoms with E-state index in [-0.39, 0.29) is 0 Å². The second-order valence-corrected chi connectivity index (χ2v) is 4.07. The van der Waals surface area contributed by atoms with Crippen LogP contribution in [0.15, 0.2) is 24.3 Å². The van der Waals surface area contributed by atoms with Crippen LogP contribution in [0.25, 0.3) is 0 Å². The largest absolute Gasteiger partial charge is 0.508 e. The van der Waals surface area contributed by atoms with E-state index in [9.17, 15) is 5.11 Å². The average molecular weight is 207 g/mol. The molecule has 0 heterocycles. The van der Waals surface area contributed by atoms with Crippen molar-refractivity contribution in [1.29, 1.82) is 0 Å². The maximum absolute atomic E-state index is 9.60. The normalized spacial score (nSPS) is 10.9. The zero-order valence-corrected chi connectivity index (χ0v) is 9.74. The first-order valence-electron chi connectivity index (χ1n) is 5.69. The van der Waals surface area contributed by atoms with Gasteiger partial charge < -0.3 is 10.0 Å². The highest BCUT2D eigenvalue weighted by Gasteiger charge is 2.03. The summed E-state index contributed by atoms with van der Waals surface area (Å²) < 4.78 is 0. The molecule has 0 amide bonds. The highest BCUT2D eigenvalue weighted by molar-refractivity contribution is 5.31. The summed E-state index contributed by atoms with van der Waals surface area (Å²) in [6.07, 6.45) is 3.77. The Hall–Kier alpha value is -1.02. The van der Waals surface area contributed by atoms with Crippen molar-refractivity contribution in [2.24, 2.45) is 0 Å². The average Bonchev–Trinajstić information content (AvgIpc) is 2.22. The zero-order chi connectivity index (χ0) is 11.1. The van der Waals surface area contributed by atoms with E-state index in [1.807, 2.05) is 18.2 Å². The van der Waals surface area contributed by atoms with E-state index < -0.39 is 0 Å². The van der Waals surface area contributed by atoms with Crippen LogP contribution in [-0.2, 0) is 6.54 Å². The Bertz CT molecular complexity index is 286. The smallest absolute Gasteiger partial charge is 0.120 e. The fourth-order valence-corrected chi connectivity index (χ4v) is 1.65. The van der Waals surface area contributed by atoms with E-state index in [1.54, 1.807) is 6.07 Å². The number of phenolic OH excluding ortho intramolecular Hbond substituents is 1. The van der Waals surface area contributed by atoms with Gasteiger partial charge in [-0.3, -0.25) is 0 Å². The van der Waals surface area contributed by atoms with Crippen molar-refractivity contribution in [1.82, 2.24) is 4.90 Å². The Morgan fingerprint density at radius 1 is 1.20 bits per heavy atom. The van der Waals surface area contributed by atoms with Gasteiger partial charge in [-0.05, 0) is 26.1 Å². The molecule has 1 aromatic rings. The summed E-state index contributed by atoms with van der Waals surface area (Å²) >= 11 is 0. The van der Waals surface area contributed by atoms with Gasteiger partial charge >= 0.3 is 0 Å². The van der Waals surface area contributed by atoms with Crippen molar-refractivity contribution in [3.8, 4) is 5.75 Å². The van der Waals surface area contributed by atoms with Crippen molar-refractivity contribution in [2.45, 2.75) is 32.7 Å². The second kappa shape index (κ2) is 6.46. The molecule has 1 N–H and O–H groups in total. The fourth-order valence-electron chi connectivity index (χ4n) is 1.65. The van der Waals surface area contributed by atoms with Crippen LogP contribution < -0.4 is 0 Å². The number of hydrogen-bond acceptors (Lipinski definition) is 2. The van der Waals surface area contributed by atoms with Crippen molar-refractivity contribution in [3.05, 3.63) is 29.8 Å². The summed E-state index contributed by atoms with van der Waals surface area (Å²) in [6.45, 7) is 4.14. The molecular formula is C13H21NO. The molecule has 1 aromatic carbocycles. The molecule has 0 atom stereocenters. The minimum atomic E-state index is 0.403. The van der Waals surface area contributed by atoms with Gasteiger partial charge in [0.2, 0.25) is 0 Å². The molecule has 2 heteroatoms. The lowest BCUT2D eigenvalue weighted by molar-refractivity contribution is 0.312. The van der Waals surface area contributed by atoms with Gasteiger partial charge in [0.1, 0.15) is 5.75 Å². The molecule has 0 aliphatic heterocycles. The molecule has 0 saturated heterocycles. The van der Waals surface area contributed by atoms with Gasteiger partial charge in [-0.15, -0.1) is 0 Å². The number of hydrogen-bond donors (Lipinski definition) is 1. The van der Waals surface area contributed by atoms with E-state index >= 15 is 0 Å². The van der Waals surface area contributed by atoms with Crippen molar-refractivity contribution in [3.63, 3.8) is 0 Å². The van der Waals surface area contributed by atoms with E-state index in [0.717, 1.165) is 18.7 Å². The maximum atomic E-state index is 9.60. The van der Waals surface area contributed by atoms with E-state index in [1.165, 1.54) is 19.3 Å². The Labute approximate surface area is 92.5 Å².